The first-order chi connectivity index (χ1) is 15.5. The highest BCUT2D eigenvalue weighted by molar-refractivity contribution is 7.19. The maximum atomic E-state index is 13.3. The van der Waals surface area contributed by atoms with E-state index in [-0.39, 0.29) is 13.1 Å². The van der Waals surface area contributed by atoms with Crippen LogP contribution in [0.1, 0.15) is 30.4 Å². The predicted molar refractivity (Wildman–Crippen MR) is 134 cm³/mol. The Morgan fingerprint density at radius 1 is 1.18 bits per heavy atom. The summed E-state index contributed by atoms with van der Waals surface area (Å²) in [7, 11) is 3.84. The van der Waals surface area contributed by atoms with E-state index >= 15 is 0 Å². The SMILES string of the molecule is C.COc1ccc(Cn2c(=O)n3ncnc3c3c(C)c(CN4CCN(C)C(C)C4)sc32)cc1. The summed E-state index contributed by atoms with van der Waals surface area (Å²) in [4.78, 5) is 24.9. The number of aromatic nitrogens is 4. The van der Waals surface area contributed by atoms with E-state index in [0.717, 1.165) is 47.7 Å². The van der Waals surface area contributed by atoms with Crippen molar-refractivity contribution in [3.63, 3.8) is 0 Å². The third kappa shape index (κ3) is 4.16. The standard InChI is InChI=1S/C23H28N6O2S.CH4/c1-15-11-27(10-9-26(15)3)13-19-16(2)20-21-24-14-25-29(21)23(30)28(22(20)32-19)12-17-5-7-18(31-4)8-6-17;/h5-8,14-15H,9-13H2,1-4H3;1H4. The molecule has 0 N–H and O–H groups in total. The third-order valence-corrected chi connectivity index (χ3v) is 7.87. The minimum Gasteiger partial charge on any atom is -0.497 e. The summed E-state index contributed by atoms with van der Waals surface area (Å²) < 4.78 is 8.52. The van der Waals surface area contributed by atoms with Crippen LogP contribution in [0.4, 0.5) is 0 Å². The Kier molecular flexibility index (Phi) is 6.56. The van der Waals surface area contributed by atoms with Crippen molar-refractivity contribution in [2.75, 3.05) is 33.8 Å². The first-order valence-electron chi connectivity index (χ1n) is 10.9. The molecule has 1 unspecified atom stereocenters. The van der Waals surface area contributed by atoms with Gasteiger partial charge in [-0.05, 0) is 44.2 Å². The summed E-state index contributed by atoms with van der Waals surface area (Å²) in [6.07, 6.45) is 1.47. The van der Waals surface area contributed by atoms with Gasteiger partial charge in [-0.25, -0.2) is 9.78 Å². The molecule has 3 aromatic heterocycles. The molecule has 1 aromatic carbocycles. The zero-order valence-corrected chi connectivity index (χ0v) is 19.7. The normalized spacial score (nSPS) is 17.5. The number of piperazine rings is 1. The lowest BCUT2D eigenvalue weighted by Crippen LogP contribution is -2.49. The molecule has 0 radical (unpaired) electrons. The maximum Gasteiger partial charge on any atom is 0.352 e. The van der Waals surface area contributed by atoms with E-state index in [0.29, 0.717) is 18.2 Å². The van der Waals surface area contributed by atoms with Gasteiger partial charge in [-0.15, -0.1) is 11.3 Å². The van der Waals surface area contributed by atoms with Crippen molar-refractivity contribution >= 4 is 27.2 Å². The van der Waals surface area contributed by atoms with Crippen LogP contribution in [0.25, 0.3) is 15.9 Å². The molecule has 0 bridgehead atoms. The molecule has 1 aliphatic heterocycles. The second kappa shape index (κ2) is 9.24. The van der Waals surface area contributed by atoms with Crippen LogP contribution in [0.15, 0.2) is 35.4 Å². The van der Waals surface area contributed by atoms with Crippen LogP contribution in [-0.2, 0) is 13.1 Å². The molecular weight excluding hydrogens is 436 g/mol. The summed E-state index contributed by atoms with van der Waals surface area (Å²) in [5.41, 5.74) is 2.71. The van der Waals surface area contributed by atoms with E-state index in [1.54, 1.807) is 18.4 Å². The molecule has 0 spiro atoms. The Morgan fingerprint density at radius 3 is 2.64 bits per heavy atom. The van der Waals surface area contributed by atoms with Crippen LogP contribution in [0.2, 0.25) is 0 Å². The molecule has 0 aliphatic carbocycles. The van der Waals surface area contributed by atoms with Gasteiger partial charge in [-0.3, -0.25) is 9.47 Å². The Bertz CT molecular complexity index is 1320. The van der Waals surface area contributed by atoms with Gasteiger partial charge in [0.05, 0.1) is 19.0 Å². The highest BCUT2D eigenvalue weighted by Gasteiger charge is 2.24. The number of rotatable bonds is 5. The van der Waals surface area contributed by atoms with Crippen molar-refractivity contribution in [2.24, 2.45) is 0 Å². The molecule has 0 saturated carbocycles. The van der Waals surface area contributed by atoms with Crippen molar-refractivity contribution in [1.29, 1.82) is 0 Å². The smallest absolute Gasteiger partial charge is 0.352 e. The molecule has 1 saturated heterocycles. The molecule has 1 aliphatic rings. The molecule has 33 heavy (non-hydrogen) atoms. The first-order valence-corrected chi connectivity index (χ1v) is 11.7. The van der Waals surface area contributed by atoms with Gasteiger partial charge in [0.2, 0.25) is 0 Å². The lowest BCUT2D eigenvalue weighted by Gasteiger charge is -2.37. The Hall–Kier alpha value is -2.75. The van der Waals surface area contributed by atoms with Crippen LogP contribution >= 0.6 is 11.3 Å². The minimum absolute atomic E-state index is 0. The molecular formula is C24H32N6O2S. The maximum absolute atomic E-state index is 13.3. The number of thiophene rings is 1. The van der Waals surface area contributed by atoms with Crippen molar-refractivity contribution in [1.82, 2.24) is 29.0 Å². The molecule has 1 atom stereocenters. The highest BCUT2D eigenvalue weighted by Crippen LogP contribution is 2.33. The van der Waals surface area contributed by atoms with Gasteiger partial charge in [0.25, 0.3) is 0 Å². The van der Waals surface area contributed by atoms with Crippen LogP contribution in [0.5, 0.6) is 5.75 Å². The lowest BCUT2D eigenvalue weighted by atomic mass is 10.1. The number of methoxy groups -OCH3 is 1. The number of benzene rings is 1. The second-order valence-corrected chi connectivity index (χ2v) is 9.69. The van der Waals surface area contributed by atoms with E-state index in [1.165, 1.54) is 21.3 Å². The zero-order valence-electron chi connectivity index (χ0n) is 18.9. The summed E-state index contributed by atoms with van der Waals surface area (Å²) in [6.45, 7) is 8.94. The van der Waals surface area contributed by atoms with Gasteiger partial charge >= 0.3 is 5.69 Å². The zero-order chi connectivity index (χ0) is 22.4. The van der Waals surface area contributed by atoms with Gasteiger partial charge in [0.15, 0.2) is 5.65 Å². The highest BCUT2D eigenvalue weighted by atomic mass is 32.1. The predicted octanol–water partition coefficient (Wildman–Crippen LogP) is 3.24. The van der Waals surface area contributed by atoms with Gasteiger partial charge in [-0.1, -0.05) is 19.6 Å². The summed E-state index contributed by atoms with van der Waals surface area (Å²) in [5.74, 6) is 0.800. The van der Waals surface area contributed by atoms with E-state index < -0.39 is 0 Å². The molecule has 4 heterocycles. The molecule has 8 nitrogen and oxygen atoms in total. The number of nitrogens with zero attached hydrogens (tertiary/aromatic N) is 6. The Morgan fingerprint density at radius 2 is 1.94 bits per heavy atom. The molecule has 5 rings (SSSR count). The minimum atomic E-state index is -0.165. The van der Waals surface area contributed by atoms with Crippen molar-refractivity contribution in [3.8, 4) is 5.75 Å². The molecule has 9 heteroatoms. The van der Waals surface area contributed by atoms with Crippen molar-refractivity contribution in [3.05, 3.63) is 57.1 Å². The third-order valence-electron chi connectivity index (χ3n) is 6.57. The van der Waals surface area contributed by atoms with Gasteiger partial charge in [0.1, 0.15) is 16.9 Å². The second-order valence-electron chi connectivity index (χ2n) is 8.61. The molecule has 176 valence electrons. The van der Waals surface area contributed by atoms with Crippen LogP contribution in [-0.4, -0.2) is 68.8 Å². The monoisotopic (exact) mass is 468 g/mol. The van der Waals surface area contributed by atoms with Gasteiger partial charge in [0, 0.05) is 37.1 Å². The number of hydrogen-bond acceptors (Lipinski definition) is 7. The fraction of sp³-hybridized carbons (Fsp3) is 0.458. The van der Waals surface area contributed by atoms with Crippen LogP contribution < -0.4 is 10.4 Å². The van der Waals surface area contributed by atoms with Crippen molar-refractivity contribution in [2.45, 2.75) is 40.4 Å². The topological polar surface area (TPSA) is 67.9 Å². The number of hydrogen-bond donors (Lipinski definition) is 0. The summed E-state index contributed by atoms with van der Waals surface area (Å²) >= 11 is 1.71. The number of ether oxygens (including phenoxy) is 1. The van der Waals surface area contributed by atoms with Gasteiger partial charge < -0.3 is 9.64 Å². The summed E-state index contributed by atoms with van der Waals surface area (Å²) in [6, 6.07) is 8.37. The van der Waals surface area contributed by atoms with E-state index in [4.69, 9.17) is 4.74 Å². The lowest BCUT2D eigenvalue weighted by molar-refractivity contribution is 0.101. The number of likely N-dealkylation sites (N-methyl/N-ethyl adjacent to an activating group) is 1. The largest absolute Gasteiger partial charge is 0.497 e. The van der Waals surface area contributed by atoms with E-state index in [2.05, 4.69) is 40.8 Å². The molecule has 4 aromatic rings. The van der Waals surface area contributed by atoms with Gasteiger partial charge in [-0.2, -0.15) is 9.61 Å². The van der Waals surface area contributed by atoms with Crippen LogP contribution in [0, 0.1) is 6.92 Å². The van der Waals surface area contributed by atoms with Crippen LogP contribution in [0.3, 0.4) is 0 Å². The average molecular weight is 469 g/mol. The first kappa shape index (κ1) is 23.4. The fourth-order valence-electron chi connectivity index (χ4n) is 4.43. The number of aryl methyl sites for hydroxylation is 1. The van der Waals surface area contributed by atoms with E-state index in [1.807, 2.05) is 28.8 Å². The Labute approximate surface area is 198 Å². The number of fused-ring (bicyclic) bond motifs is 3. The molecule has 0 amide bonds. The summed E-state index contributed by atoms with van der Waals surface area (Å²) in [5, 5.41) is 5.25. The Balaban J connectivity index is 0.00000259. The van der Waals surface area contributed by atoms with E-state index in [9.17, 15) is 4.79 Å². The average Bonchev–Trinajstić information content (AvgIpc) is 3.39. The van der Waals surface area contributed by atoms with Crippen molar-refractivity contribution < 1.29 is 4.74 Å². The fourth-order valence-corrected chi connectivity index (χ4v) is 5.76. The molecule has 1 fully saturated rings. The quantitative estimate of drug-likeness (QED) is 0.448.